The zero-order valence-electron chi connectivity index (χ0n) is 18.0. The zero-order valence-corrected chi connectivity index (χ0v) is 18.0. The smallest absolute Gasteiger partial charge is 0.226 e. The maximum Gasteiger partial charge on any atom is 0.226 e. The van der Waals surface area contributed by atoms with Gasteiger partial charge in [-0.25, -0.2) is 4.98 Å². The minimum absolute atomic E-state index is 0.0419. The summed E-state index contributed by atoms with van der Waals surface area (Å²) in [5.41, 5.74) is 3.98. The first-order chi connectivity index (χ1) is 13.7. The van der Waals surface area contributed by atoms with Gasteiger partial charge in [0.25, 0.3) is 0 Å². The molecule has 1 N–H and O–H groups in total. The summed E-state index contributed by atoms with van der Waals surface area (Å²) in [6.07, 6.45) is 0.683. The maximum atomic E-state index is 9.04. The third-order valence-electron chi connectivity index (χ3n) is 3.90. The molecule has 28 heavy (non-hydrogen) atoms. The Bertz CT molecular complexity index is 790. The van der Waals surface area contributed by atoms with Crippen LogP contribution in [-0.2, 0) is 13.0 Å². The normalized spacial score (nSPS) is 9.68. The fraction of sp³-hybridized carbons (Fsp3) is 0.375. The molecule has 152 valence electrons. The Morgan fingerprint density at radius 3 is 2.07 bits per heavy atom. The second kappa shape index (κ2) is 12.7. The molecule has 0 radical (unpaired) electrons. The van der Waals surface area contributed by atoms with Crippen molar-refractivity contribution in [2.45, 2.75) is 54.6 Å². The summed E-state index contributed by atoms with van der Waals surface area (Å²) in [4.78, 5) is 4.59. The molecule has 3 aromatic rings. The zero-order chi connectivity index (χ0) is 20.9. The molecule has 1 aromatic heterocycles. The molecule has 0 aliphatic rings. The van der Waals surface area contributed by atoms with Gasteiger partial charge in [0.2, 0.25) is 5.89 Å². The lowest BCUT2D eigenvalue weighted by Gasteiger charge is -2.05. The Labute approximate surface area is 169 Å². The van der Waals surface area contributed by atoms with Crippen LogP contribution in [0.1, 0.15) is 50.3 Å². The highest BCUT2D eigenvalue weighted by atomic mass is 16.5. The predicted molar refractivity (Wildman–Crippen MR) is 116 cm³/mol. The number of aromatic nitrogens is 1. The van der Waals surface area contributed by atoms with Crippen LogP contribution in [0.5, 0.6) is 5.75 Å². The second-order valence-corrected chi connectivity index (χ2v) is 5.79. The maximum absolute atomic E-state index is 9.04. The number of benzene rings is 2. The molecule has 0 unspecified atom stereocenters. The van der Waals surface area contributed by atoms with Crippen LogP contribution in [-0.4, -0.2) is 16.7 Å². The quantitative estimate of drug-likeness (QED) is 0.557. The number of hydrogen-bond donors (Lipinski definition) is 1. The Hall–Kier alpha value is -2.59. The molecule has 0 bridgehead atoms. The van der Waals surface area contributed by atoms with Crippen molar-refractivity contribution in [1.82, 2.24) is 4.98 Å². The van der Waals surface area contributed by atoms with E-state index in [1.807, 2.05) is 83.1 Å². The third kappa shape index (κ3) is 6.86. The molecule has 2 aromatic carbocycles. The molecule has 1 heterocycles. The number of rotatable bonds is 6. The standard InChI is InChI=1S/C20H21NO3.2C2H6/c1-14-3-7-17(8-4-14)20-21-19(15(2)24-20)11-12-23-18-9-5-16(13-22)6-10-18;2*1-2/h3-10,22H,11-13H2,1-2H3;2*1-2H3. The molecule has 3 rings (SSSR count). The van der Waals surface area contributed by atoms with Crippen LogP contribution in [0.2, 0.25) is 0 Å². The van der Waals surface area contributed by atoms with Crippen LogP contribution in [0.3, 0.4) is 0 Å². The number of aryl methyl sites for hydroxylation is 2. The van der Waals surface area contributed by atoms with Crippen molar-refractivity contribution in [3.8, 4) is 17.2 Å². The lowest BCUT2D eigenvalue weighted by Crippen LogP contribution is -2.02. The molecule has 4 heteroatoms. The van der Waals surface area contributed by atoms with Gasteiger partial charge in [0, 0.05) is 12.0 Å². The summed E-state index contributed by atoms with van der Waals surface area (Å²) in [5.74, 6) is 2.26. The summed E-state index contributed by atoms with van der Waals surface area (Å²) in [6, 6.07) is 15.6. The molecule has 0 saturated carbocycles. The minimum atomic E-state index is 0.0419. The van der Waals surface area contributed by atoms with Crippen LogP contribution >= 0.6 is 0 Å². The average Bonchev–Trinajstić information content (AvgIpc) is 3.12. The van der Waals surface area contributed by atoms with E-state index in [0.29, 0.717) is 18.9 Å². The van der Waals surface area contributed by atoms with E-state index in [0.717, 1.165) is 28.3 Å². The summed E-state index contributed by atoms with van der Waals surface area (Å²) in [7, 11) is 0. The predicted octanol–water partition coefficient (Wildman–Crippen LogP) is 6.12. The largest absolute Gasteiger partial charge is 0.493 e. The van der Waals surface area contributed by atoms with Crippen molar-refractivity contribution in [2.75, 3.05) is 6.61 Å². The summed E-state index contributed by atoms with van der Waals surface area (Å²) in [5, 5.41) is 9.04. The van der Waals surface area contributed by atoms with Gasteiger partial charge in [-0.3, -0.25) is 0 Å². The van der Waals surface area contributed by atoms with Gasteiger partial charge in [0.1, 0.15) is 11.5 Å². The first-order valence-electron chi connectivity index (χ1n) is 10.0. The van der Waals surface area contributed by atoms with E-state index in [1.54, 1.807) is 0 Å². The molecule has 0 aliphatic carbocycles. The molecular formula is C24H33NO3. The summed E-state index contributed by atoms with van der Waals surface area (Å²) < 4.78 is 11.5. The Kier molecular flexibility index (Phi) is 10.7. The van der Waals surface area contributed by atoms with Gasteiger partial charge in [-0.05, 0) is 43.7 Å². The van der Waals surface area contributed by atoms with Crippen molar-refractivity contribution in [1.29, 1.82) is 0 Å². The van der Waals surface area contributed by atoms with Gasteiger partial charge >= 0.3 is 0 Å². The molecule has 4 nitrogen and oxygen atoms in total. The van der Waals surface area contributed by atoms with Crippen molar-refractivity contribution in [3.05, 3.63) is 71.1 Å². The van der Waals surface area contributed by atoms with E-state index in [-0.39, 0.29) is 6.61 Å². The summed E-state index contributed by atoms with van der Waals surface area (Å²) >= 11 is 0. The molecule has 0 amide bonds. The van der Waals surface area contributed by atoms with Crippen molar-refractivity contribution >= 4 is 0 Å². The van der Waals surface area contributed by atoms with E-state index in [4.69, 9.17) is 14.3 Å². The highest BCUT2D eigenvalue weighted by Gasteiger charge is 2.11. The lowest BCUT2D eigenvalue weighted by atomic mass is 10.1. The van der Waals surface area contributed by atoms with Gasteiger partial charge < -0.3 is 14.3 Å². The van der Waals surface area contributed by atoms with Crippen LogP contribution in [0.15, 0.2) is 52.9 Å². The number of oxazole rings is 1. The van der Waals surface area contributed by atoms with Crippen LogP contribution < -0.4 is 4.74 Å². The van der Waals surface area contributed by atoms with E-state index in [1.165, 1.54) is 5.56 Å². The first kappa shape index (κ1) is 23.4. The Morgan fingerprint density at radius 2 is 1.50 bits per heavy atom. The topological polar surface area (TPSA) is 55.5 Å². The molecule has 0 saturated heterocycles. The molecule has 0 fully saturated rings. The van der Waals surface area contributed by atoms with Gasteiger partial charge in [0.05, 0.1) is 18.9 Å². The van der Waals surface area contributed by atoms with Gasteiger partial charge in [-0.15, -0.1) is 0 Å². The highest BCUT2D eigenvalue weighted by Crippen LogP contribution is 2.22. The number of aliphatic hydroxyl groups excluding tert-OH is 1. The van der Waals surface area contributed by atoms with Gasteiger partial charge in [-0.2, -0.15) is 0 Å². The van der Waals surface area contributed by atoms with E-state index >= 15 is 0 Å². The minimum Gasteiger partial charge on any atom is -0.493 e. The van der Waals surface area contributed by atoms with E-state index in [9.17, 15) is 0 Å². The molecular weight excluding hydrogens is 350 g/mol. The average molecular weight is 384 g/mol. The third-order valence-corrected chi connectivity index (χ3v) is 3.90. The number of hydrogen-bond acceptors (Lipinski definition) is 4. The molecule has 0 atom stereocenters. The van der Waals surface area contributed by atoms with Crippen molar-refractivity contribution in [3.63, 3.8) is 0 Å². The van der Waals surface area contributed by atoms with Crippen LogP contribution in [0, 0.1) is 13.8 Å². The lowest BCUT2D eigenvalue weighted by molar-refractivity contribution is 0.281. The fourth-order valence-corrected chi connectivity index (χ4v) is 2.44. The Balaban J connectivity index is 0.000000921. The monoisotopic (exact) mass is 383 g/mol. The highest BCUT2D eigenvalue weighted by molar-refractivity contribution is 5.54. The molecule has 0 aliphatic heterocycles. The van der Waals surface area contributed by atoms with Gasteiger partial charge in [0.15, 0.2) is 0 Å². The fourth-order valence-electron chi connectivity index (χ4n) is 2.44. The van der Waals surface area contributed by atoms with Gasteiger partial charge in [-0.1, -0.05) is 57.5 Å². The molecule has 0 spiro atoms. The van der Waals surface area contributed by atoms with Crippen molar-refractivity contribution in [2.24, 2.45) is 0 Å². The first-order valence-corrected chi connectivity index (χ1v) is 10.0. The van der Waals surface area contributed by atoms with E-state index < -0.39 is 0 Å². The summed E-state index contributed by atoms with van der Waals surface area (Å²) in [6.45, 7) is 12.6. The number of ether oxygens (including phenoxy) is 1. The van der Waals surface area contributed by atoms with E-state index in [2.05, 4.69) is 11.9 Å². The van der Waals surface area contributed by atoms with Crippen LogP contribution in [0.4, 0.5) is 0 Å². The number of aliphatic hydroxyl groups is 1. The number of nitrogens with zero attached hydrogens (tertiary/aromatic N) is 1. The Morgan fingerprint density at radius 1 is 0.893 bits per heavy atom. The second-order valence-electron chi connectivity index (χ2n) is 5.79. The SMILES string of the molecule is CC.CC.Cc1ccc(-c2nc(CCOc3ccc(CO)cc3)c(C)o2)cc1. The van der Waals surface area contributed by atoms with Crippen LogP contribution in [0.25, 0.3) is 11.5 Å². The van der Waals surface area contributed by atoms with Crippen molar-refractivity contribution < 1.29 is 14.3 Å².